The van der Waals surface area contributed by atoms with E-state index in [9.17, 15) is 0 Å². The lowest BCUT2D eigenvalue weighted by Crippen LogP contribution is -2.11. The lowest BCUT2D eigenvalue weighted by Gasteiger charge is -2.22. The molecule has 8 aromatic carbocycles. The van der Waals surface area contributed by atoms with Crippen LogP contribution < -0.4 is 0 Å². The summed E-state index contributed by atoms with van der Waals surface area (Å²) in [4.78, 5) is 10.8. The first-order chi connectivity index (χ1) is 29.2. The van der Waals surface area contributed by atoms with Gasteiger partial charge in [-0.3, -0.25) is 4.57 Å². The van der Waals surface area contributed by atoms with Crippen molar-refractivity contribution in [2.75, 3.05) is 0 Å². The van der Waals surface area contributed by atoms with E-state index in [0.29, 0.717) is 11.9 Å². The van der Waals surface area contributed by atoms with E-state index in [1.165, 1.54) is 71.2 Å². The summed E-state index contributed by atoms with van der Waals surface area (Å²) < 4.78 is 4.62. The Hall–Kier alpha value is -7.56. The van der Waals surface area contributed by atoms with E-state index in [-0.39, 0.29) is 0 Å². The van der Waals surface area contributed by atoms with Crippen LogP contribution in [0.3, 0.4) is 0 Å². The minimum atomic E-state index is 0.302. The second-order valence-corrected chi connectivity index (χ2v) is 15.8. The Labute approximate surface area is 342 Å². The molecule has 0 amide bonds. The van der Waals surface area contributed by atoms with Crippen molar-refractivity contribution in [2.24, 2.45) is 0 Å². The summed E-state index contributed by atoms with van der Waals surface area (Å²) in [6.07, 6.45) is 5.41. The molecule has 0 saturated heterocycles. The third-order valence-electron chi connectivity index (χ3n) is 12.4. The molecule has 0 radical (unpaired) electrons. The average molecular weight is 755 g/mol. The minimum absolute atomic E-state index is 0.302. The van der Waals surface area contributed by atoms with Crippen molar-refractivity contribution in [3.05, 3.63) is 199 Å². The van der Waals surface area contributed by atoms with Crippen LogP contribution in [0.1, 0.15) is 30.5 Å². The molecule has 3 heterocycles. The highest BCUT2D eigenvalue weighted by Crippen LogP contribution is 2.41. The standard InChI is InChI=1S/C55H38N4/c1-35-13-11-22-48-53(35)54(38-27-25-37(26-28-38)43-21-12-15-36-14-5-6-18-42(36)43)57-55(56-48)59-50-24-10-8-20-45(50)47-34-40(30-32-52(47)59)39-29-31-51-46(33-39)44-19-7-9-23-49(44)58(51)41-16-3-2-4-17-41/h2-12,14-35H,13H2,1H3. The van der Waals surface area contributed by atoms with Gasteiger partial charge in [-0.15, -0.1) is 0 Å². The highest BCUT2D eigenvalue weighted by Gasteiger charge is 2.24. The number of allylic oxidation sites excluding steroid dienone is 1. The fourth-order valence-electron chi connectivity index (χ4n) is 9.57. The Morgan fingerprint density at radius 1 is 0.458 bits per heavy atom. The molecule has 59 heavy (non-hydrogen) atoms. The zero-order valence-corrected chi connectivity index (χ0v) is 32.5. The molecule has 0 bridgehead atoms. The highest BCUT2D eigenvalue weighted by molar-refractivity contribution is 6.12. The van der Waals surface area contributed by atoms with Gasteiger partial charge >= 0.3 is 0 Å². The van der Waals surface area contributed by atoms with E-state index in [2.05, 4.69) is 210 Å². The van der Waals surface area contributed by atoms with Gasteiger partial charge in [-0.05, 0) is 100.0 Å². The smallest absolute Gasteiger partial charge is 0.235 e. The molecule has 1 aliphatic carbocycles. The van der Waals surface area contributed by atoms with E-state index in [4.69, 9.17) is 9.97 Å². The molecule has 0 saturated carbocycles. The molecule has 11 aromatic rings. The molecule has 0 aliphatic heterocycles. The van der Waals surface area contributed by atoms with Gasteiger partial charge in [0.15, 0.2) is 0 Å². The third kappa shape index (κ3) is 5.30. The summed E-state index contributed by atoms with van der Waals surface area (Å²) in [5, 5.41) is 7.35. The first-order valence-corrected chi connectivity index (χ1v) is 20.5. The van der Waals surface area contributed by atoms with Crippen molar-refractivity contribution < 1.29 is 0 Å². The Balaban J connectivity index is 1.00. The van der Waals surface area contributed by atoms with Crippen LogP contribution in [0.25, 0.3) is 106 Å². The monoisotopic (exact) mass is 754 g/mol. The van der Waals surface area contributed by atoms with Gasteiger partial charge in [-0.2, -0.15) is 0 Å². The van der Waals surface area contributed by atoms with E-state index < -0.39 is 0 Å². The lowest BCUT2D eigenvalue weighted by molar-refractivity contribution is 0.755. The quantitative estimate of drug-likeness (QED) is 0.175. The number of hydrogen-bond donors (Lipinski definition) is 0. The summed E-state index contributed by atoms with van der Waals surface area (Å²) in [5.41, 5.74) is 14.8. The van der Waals surface area contributed by atoms with Crippen LogP contribution in [0.15, 0.2) is 188 Å². The predicted octanol–water partition coefficient (Wildman–Crippen LogP) is 14.3. The zero-order chi connectivity index (χ0) is 39.0. The molecule has 12 rings (SSSR count). The summed E-state index contributed by atoms with van der Waals surface area (Å²) >= 11 is 0. The first kappa shape index (κ1) is 33.6. The lowest BCUT2D eigenvalue weighted by atomic mass is 9.87. The molecule has 1 unspecified atom stereocenters. The Morgan fingerprint density at radius 3 is 1.75 bits per heavy atom. The minimum Gasteiger partial charge on any atom is -0.309 e. The van der Waals surface area contributed by atoms with Gasteiger partial charge in [0.25, 0.3) is 0 Å². The third-order valence-corrected chi connectivity index (χ3v) is 12.4. The molecule has 0 N–H and O–H groups in total. The number of benzene rings is 8. The normalized spacial score (nSPS) is 13.9. The van der Waals surface area contributed by atoms with Crippen LogP contribution in [0.2, 0.25) is 0 Å². The maximum Gasteiger partial charge on any atom is 0.235 e. The second kappa shape index (κ2) is 13.3. The van der Waals surface area contributed by atoms with Crippen molar-refractivity contribution in [1.29, 1.82) is 0 Å². The SMILES string of the molecule is CC1CC=Cc2nc(-n3c4ccccc4c4cc(-c5ccc6c(c5)c5ccccc5n6-c5ccccc5)ccc43)nc(-c3ccc(-c4cccc5ccccc45)cc3)c21. The molecule has 0 spiro atoms. The first-order valence-electron chi connectivity index (χ1n) is 20.5. The average Bonchev–Trinajstić information content (AvgIpc) is 3.81. The molecule has 1 aliphatic rings. The topological polar surface area (TPSA) is 35.6 Å². The molecule has 4 heteroatoms. The number of hydrogen-bond acceptors (Lipinski definition) is 2. The van der Waals surface area contributed by atoms with Crippen molar-refractivity contribution in [2.45, 2.75) is 19.3 Å². The van der Waals surface area contributed by atoms with Crippen LogP contribution in [0, 0.1) is 0 Å². The van der Waals surface area contributed by atoms with E-state index in [1.54, 1.807) is 0 Å². The van der Waals surface area contributed by atoms with E-state index in [1.807, 2.05) is 0 Å². The van der Waals surface area contributed by atoms with Gasteiger partial charge in [-0.25, -0.2) is 9.97 Å². The summed E-state index contributed by atoms with van der Waals surface area (Å²) in [5.74, 6) is 0.987. The van der Waals surface area contributed by atoms with Crippen LogP contribution in [-0.2, 0) is 0 Å². The Bertz CT molecular complexity index is 3470. The van der Waals surface area contributed by atoms with Gasteiger partial charge in [0.1, 0.15) is 0 Å². The van der Waals surface area contributed by atoms with Gasteiger partial charge in [0, 0.05) is 38.4 Å². The summed E-state index contributed by atoms with van der Waals surface area (Å²) in [6, 6.07) is 65.9. The maximum atomic E-state index is 5.49. The number of fused-ring (bicyclic) bond motifs is 8. The van der Waals surface area contributed by atoms with Gasteiger partial charge in [0.05, 0.1) is 33.5 Å². The van der Waals surface area contributed by atoms with Crippen molar-refractivity contribution in [3.8, 4) is 45.1 Å². The second-order valence-electron chi connectivity index (χ2n) is 15.8. The van der Waals surface area contributed by atoms with Crippen LogP contribution in [-0.4, -0.2) is 19.1 Å². The molecule has 0 fully saturated rings. The van der Waals surface area contributed by atoms with Crippen molar-refractivity contribution >= 4 is 60.5 Å². The molecular weight excluding hydrogens is 717 g/mol. The number of para-hydroxylation sites is 3. The maximum absolute atomic E-state index is 5.49. The summed E-state index contributed by atoms with van der Waals surface area (Å²) in [6.45, 7) is 2.29. The number of rotatable bonds is 5. The predicted molar refractivity (Wildman–Crippen MR) is 247 cm³/mol. The Kier molecular flexibility index (Phi) is 7.54. The molecule has 1 atom stereocenters. The van der Waals surface area contributed by atoms with Crippen LogP contribution in [0.5, 0.6) is 0 Å². The highest BCUT2D eigenvalue weighted by atomic mass is 15.2. The number of nitrogens with zero attached hydrogens (tertiary/aromatic N) is 4. The molecule has 4 nitrogen and oxygen atoms in total. The molecular formula is C55H38N4. The summed E-state index contributed by atoms with van der Waals surface area (Å²) in [7, 11) is 0. The van der Waals surface area contributed by atoms with Gasteiger partial charge in [0.2, 0.25) is 5.95 Å². The van der Waals surface area contributed by atoms with Crippen LogP contribution >= 0.6 is 0 Å². The van der Waals surface area contributed by atoms with E-state index in [0.717, 1.165) is 40.1 Å². The zero-order valence-electron chi connectivity index (χ0n) is 32.5. The fraction of sp³-hybridized carbons (Fsp3) is 0.0545. The van der Waals surface area contributed by atoms with E-state index >= 15 is 0 Å². The fourth-order valence-corrected chi connectivity index (χ4v) is 9.57. The van der Waals surface area contributed by atoms with Crippen molar-refractivity contribution in [3.63, 3.8) is 0 Å². The van der Waals surface area contributed by atoms with Gasteiger partial charge in [-0.1, -0.05) is 146 Å². The Morgan fingerprint density at radius 2 is 1.02 bits per heavy atom. The largest absolute Gasteiger partial charge is 0.309 e. The number of aromatic nitrogens is 4. The molecule has 278 valence electrons. The van der Waals surface area contributed by atoms with Crippen molar-refractivity contribution in [1.82, 2.24) is 19.1 Å². The molecule has 3 aromatic heterocycles. The van der Waals surface area contributed by atoms with Gasteiger partial charge < -0.3 is 4.57 Å². The van der Waals surface area contributed by atoms with Crippen LogP contribution in [0.4, 0.5) is 0 Å².